The summed E-state index contributed by atoms with van der Waals surface area (Å²) in [5.41, 5.74) is 7.78. The molecule has 164 valence electrons. The average molecular weight is 447 g/mol. The lowest BCUT2D eigenvalue weighted by Gasteiger charge is -2.26. The summed E-state index contributed by atoms with van der Waals surface area (Å²) in [7, 11) is 1.77. The maximum absolute atomic E-state index is 14.6. The van der Waals surface area contributed by atoms with E-state index in [0.29, 0.717) is 18.7 Å². The summed E-state index contributed by atoms with van der Waals surface area (Å²) in [6.45, 7) is 4.76. The summed E-state index contributed by atoms with van der Waals surface area (Å²) in [5, 5.41) is 4.06. The predicted molar refractivity (Wildman–Crippen MR) is 116 cm³/mol. The van der Waals surface area contributed by atoms with Crippen LogP contribution in [0.2, 0.25) is 5.15 Å². The third kappa shape index (κ3) is 5.12. The van der Waals surface area contributed by atoms with E-state index in [1.807, 2.05) is 30.5 Å². The minimum absolute atomic E-state index is 0.0150. The summed E-state index contributed by atoms with van der Waals surface area (Å²) in [5.74, 6) is -0.0676. The number of nitrogen functional groups attached to an aromatic ring is 1. The van der Waals surface area contributed by atoms with E-state index >= 15 is 0 Å². The topological polar surface area (TPSA) is 91.3 Å². The number of aryl methyl sites for hydroxylation is 1. The second-order valence-corrected chi connectivity index (χ2v) is 7.66. The smallest absolute Gasteiger partial charge is 0.222 e. The van der Waals surface area contributed by atoms with Crippen LogP contribution in [0.3, 0.4) is 0 Å². The van der Waals surface area contributed by atoms with Crippen molar-refractivity contribution >= 4 is 17.5 Å². The number of hydrogen-bond acceptors (Lipinski definition) is 7. The van der Waals surface area contributed by atoms with Gasteiger partial charge in [-0.25, -0.2) is 9.37 Å². The van der Waals surface area contributed by atoms with Gasteiger partial charge in [0.2, 0.25) is 5.95 Å². The first-order valence-electron chi connectivity index (χ1n) is 10.0. The number of rotatable bonds is 7. The number of anilines is 1. The molecular weight excluding hydrogens is 423 g/mol. The predicted octanol–water partition coefficient (Wildman–Crippen LogP) is 2.55. The molecule has 2 aromatic heterocycles. The van der Waals surface area contributed by atoms with Crippen molar-refractivity contribution in [1.82, 2.24) is 24.6 Å². The van der Waals surface area contributed by atoms with Gasteiger partial charge >= 0.3 is 0 Å². The van der Waals surface area contributed by atoms with Crippen molar-refractivity contribution in [3.05, 3.63) is 52.6 Å². The lowest BCUT2D eigenvalue weighted by molar-refractivity contribution is 0.0322. The van der Waals surface area contributed by atoms with Crippen LogP contribution in [0.15, 0.2) is 30.5 Å². The molecule has 0 radical (unpaired) electrons. The Morgan fingerprint density at radius 2 is 1.94 bits per heavy atom. The summed E-state index contributed by atoms with van der Waals surface area (Å²) < 4.78 is 27.7. The minimum Gasteiger partial charge on any atom is -0.492 e. The van der Waals surface area contributed by atoms with Crippen molar-refractivity contribution < 1.29 is 13.9 Å². The van der Waals surface area contributed by atoms with Crippen molar-refractivity contribution in [2.45, 2.75) is 6.42 Å². The molecule has 1 saturated heterocycles. The Bertz CT molecular complexity index is 1050. The summed E-state index contributed by atoms with van der Waals surface area (Å²) in [6.07, 6.45) is 2.31. The van der Waals surface area contributed by atoms with Gasteiger partial charge in [0.25, 0.3) is 0 Å². The monoisotopic (exact) mass is 446 g/mol. The molecule has 1 aliphatic heterocycles. The Balaban J connectivity index is 1.54. The first kappa shape index (κ1) is 21.5. The summed E-state index contributed by atoms with van der Waals surface area (Å²) in [6, 6.07) is 7.80. The summed E-state index contributed by atoms with van der Waals surface area (Å²) in [4.78, 5) is 10.0. The number of nitrogens with zero attached hydrogens (tertiary/aromatic N) is 5. The molecule has 2 N–H and O–H groups in total. The number of nitrogens with two attached hydrogens (primary N) is 1. The molecule has 31 heavy (non-hydrogen) atoms. The van der Waals surface area contributed by atoms with Crippen LogP contribution in [-0.4, -0.2) is 64.1 Å². The molecule has 10 heteroatoms. The summed E-state index contributed by atoms with van der Waals surface area (Å²) >= 11 is 5.86. The molecule has 0 atom stereocenters. The van der Waals surface area contributed by atoms with Crippen LogP contribution in [0.5, 0.6) is 5.75 Å². The van der Waals surface area contributed by atoms with Gasteiger partial charge in [-0.1, -0.05) is 29.8 Å². The average Bonchev–Trinajstić information content (AvgIpc) is 3.12. The molecule has 1 aliphatic rings. The lowest BCUT2D eigenvalue weighted by Crippen LogP contribution is -2.38. The molecular formula is C21H24ClFN6O2. The first-order valence-corrected chi connectivity index (χ1v) is 10.4. The van der Waals surface area contributed by atoms with Crippen LogP contribution in [0.25, 0.3) is 11.4 Å². The number of benzene rings is 1. The Morgan fingerprint density at radius 1 is 1.16 bits per heavy atom. The molecule has 3 heterocycles. The van der Waals surface area contributed by atoms with Gasteiger partial charge in [-0.05, 0) is 11.6 Å². The maximum atomic E-state index is 14.6. The highest BCUT2D eigenvalue weighted by atomic mass is 35.5. The second-order valence-electron chi connectivity index (χ2n) is 7.30. The molecule has 0 saturated carbocycles. The lowest BCUT2D eigenvalue weighted by atomic mass is 10.0. The molecule has 1 fully saturated rings. The highest BCUT2D eigenvalue weighted by Gasteiger charge is 2.21. The number of aromatic nitrogens is 4. The third-order valence-corrected chi connectivity index (χ3v) is 5.33. The van der Waals surface area contributed by atoms with Gasteiger partial charge in [0.15, 0.2) is 11.0 Å². The van der Waals surface area contributed by atoms with Gasteiger partial charge in [-0.2, -0.15) is 10.1 Å². The molecule has 4 rings (SSSR count). The van der Waals surface area contributed by atoms with Crippen LogP contribution < -0.4 is 10.5 Å². The van der Waals surface area contributed by atoms with E-state index < -0.39 is 5.82 Å². The van der Waals surface area contributed by atoms with Gasteiger partial charge in [-0.15, -0.1) is 0 Å². The molecule has 1 aromatic carbocycles. The van der Waals surface area contributed by atoms with E-state index in [-0.39, 0.29) is 16.8 Å². The van der Waals surface area contributed by atoms with E-state index in [1.54, 1.807) is 11.7 Å². The Labute approximate surface area is 184 Å². The number of halogens is 2. The van der Waals surface area contributed by atoms with Crippen LogP contribution in [0, 0.1) is 5.82 Å². The molecule has 0 unspecified atom stereocenters. The standard InChI is InChI=1S/C21H24ClFN6O2/c1-28-13-15(18(27-28)19-17(23)20(22)26-21(24)25-19)12-14-4-2-3-5-16(14)31-11-8-29-6-9-30-10-7-29/h2-5,13H,6-12H2,1H3,(H2,24,25,26). The van der Waals surface area contributed by atoms with Crippen LogP contribution in [0.1, 0.15) is 11.1 Å². The van der Waals surface area contributed by atoms with Gasteiger partial charge in [0, 0.05) is 44.9 Å². The van der Waals surface area contributed by atoms with E-state index in [0.717, 1.165) is 49.7 Å². The van der Waals surface area contributed by atoms with E-state index in [1.165, 1.54) is 0 Å². The first-order chi connectivity index (χ1) is 15.0. The molecule has 8 nitrogen and oxygen atoms in total. The zero-order valence-electron chi connectivity index (χ0n) is 17.2. The Morgan fingerprint density at radius 3 is 2.74 bits per heavy atom. The third-order valence-electron chi connectivity index (χ3n) is 5.08. The van der Waals surface area contributed by atoms with E-state index in [4.69, 9.17) is 26.8 Å². The highest BCUT2D eigenvalue weighted by Crippen LogP contribution is 2.30. The normalized spacial score (nSPS) is 14.7. The fourth-order valence-corrected chi connectivity index (χ4v) is 3.74. The minimum atomic E-state index is -0.745. The quantitative estimate of drug-likeness (QED) is 0.557. The van der Waals surface area contributed by atoms with Crippen molar-refractivity contribution in [3.63, 3.8) is 0 Å². The zero-order chi connectivity index (χ0) is 21.8. The molecule has 3 aromatic rings. The second kappa shape index (κ2) is 9.59. The number of hydrogen-bond donors (Lipinski definition) is 1. The van der Waals surface area contributed by atoms with Crippen molar-refractivity contribution in [2.24, 2.45) is 7.05 Å². The van der Waals surface area contributed by atoms with Gasteiger partial charge in [0.1, 0.15) is 23.7 Å². The maximum Gasteiger partial charge on any atom is 0.222 e. The number of para-hydroxylation sites is 1. The van der Waals surface area contributed by atoms with Gasteiger partial charge in [-0.3, -0.25) is 9.58 Å². The van der Waals surface area contributed by atoms with Crippen LogP contribution >= 0.6 is 11.6 Å². The van der Waals surface area contributed by atoms with E-state index in [2.05, 4.69) is 20.0 Å². The largest absolute Gasteiger partial charge is 0.492 e. The highest BCUT2D eigenvalue weighted by molar-refractivity contribution is 6.29. The Kier molecular flexibility index (Phi) is 6.64. The van der Waals surface area contributed by atoms with Gasteiger partial charge in [0.05, 0.1) is 13.2 Å². The molecule has 0 aliphatic carbocycles. The van der Waals surface area contributed by atoms with Crippen molar-refractivity contribution in [2.75, 3.05) is 45.2 Å². The molecule has 0 spiro atoms. The fourth-order valence-electron chi connectivity index (χ4n) is 3.56. The SMILES string of the molecule is Cn1cc(Cc2ccccc2OCCN2CCOCC2)c(-c2nc(N)nc(Cl)c2F)n1. The number of morpholine rings is 1. The number of ether oxygens (including phenoxy) is 2. The fraction of sp³-hybridized carbons (Fsp3) is 0.381. The molecule has 0 amide bonds. The Hall–Kier alpha value is -2.75. The van der Waals surface area contributed by atoms with Gasteiger partial charge < -0.3 is 15.2 Å². The van der Waals surface area contributed by atoms with Crippen molar-refractivity contribution in [3.8, 4) is 17.1 Å². The zero-order valence-corrected chi connectivity index (χ0v) is 18.0. The van der Waals surface area contributed by atoms with Crippen LogP contribution in [0.4, 0.5) is 10.3 Å². The van der Waals surface area contributed by atoms with Crippen LogP contribution in [-0.2, 0) is 18.2 Å². The van der Waals surface area contributed by atoms with E-state index in [9.17, 15) is 4.39 Å². The van der Waals surface area contributed by atoms with Crippen molar-refractivity contribution in [1.29, 1.82) is 0 Å². The molecule has 0 bridgehead atoms.